The minimum absolute atomic E-state index is 0.240. The van der Waals surface area contributed by atoms with Crippen molar-refractivity contribution in [3.63, 3.8) is 0 Å². The smallest absolute Gasteiger partial charge is 0.252 e. The molecule has 2 aromatic carbocycles. The predicted molar refractivity (Wildman–Crippen MR) is 121 cm³/mol. The first kappa shape index (κ1) is 20.7. The summed E-state index contributed by atoms with van der Waals surface area (Å²) in [6, 6.07) is 13.8. The highest BCUT2D eigenvalue weighted by Crippen LogP contribution is 2.37. The van der Waals surface area contributed by atoms with Crippen LogP contribution in [0.3, 0.4) is 0 Å². The molecule has 1 aliphatic heterocycles. The Morgan fingerprint density at radius 1 is 1.00 bits per heavy atom. The third kappa shape index (κ3) is 4.43. The lowest BCUT2D eigenvalue weighted by Gasteiger charge is -2.22. The molecule has 3 aromatic rings. The first-order valence-corrected chi connectivity index (χ1v) is 10.4. The summed E-state index contributed by atoms with van der Waals surface area (Å²) < 4.78 is 0. The number of benzene rings is 2. The highest BCUT2D eigenvalue weighted by Gasteiger charge is 2.27. The van der Waals surface area contributed by atoms with E-state index < -0.39 is 6.04 Å². The van der Waals surface area contributed by atoms with E-state index in [9.17, 15) is 4.79 Å². The molecule has 0 fully saturated rings. The Bertz CT molecular complexity index is 1100. The van der Waals surface area contributed by atoms with Crippen LogP contribution in [0.25, 0.3) is 11.1 Å². The minimum atomic E-state index is -0.503. The lowest BCUT2D eigenvalue weighted by molar-refractivity contribution is 0.0946. The van der Waals surface area contributed by atoms with Gasteiger partial charge in [-0.25, -0.2) is 0 Å². The topological polar surface area (TPSA) is 66.4 Å². The number of amides is 1. The second-order valence-electron chi connectivity index (χ2n) is 6.76. The van der Waals surface area contributed by atoms with Crippen LogP contribution >= 0.6 is 34.8 Å². The maximum Gasteiger partial charge on any atom is 0.252 e. The van der Waals surface area contributed by atoms with Gasteiger partial charge in [-0.1, -0.05) is 46.9 Å². The van der Waals surface area contributed by atoms with E-state index in [2.05, 4.69) is 20.8 Å². The van der Waals surface area contributed by atoms with Crippen molar-refractivity contribution in [1.82, 2.24) is 15.7 Å². The molecule has 2 N–H and O–H groups in total. The van der Waals surface area contributed by atoms with E-state index in [1.165, 1.54) is 0 Å². The van der Waals surface area contributed by atoms with Gasteiger partial charge in [-0.3, -0.25) is 9.78 Å². The van der Waals surface area contributed by atoms with Crippen molar-refractivity contribution in [3.8, 4) is 11.1 Å². The van der Waals surface area contributed by atoms with E-state index >= 15 is 0 Å². The number of nitrogens with zero attached hydrogens (tertiary/aromatic N) is 2. The molecule has 4 rings (SSSR count). The van der Waals surface area contributed by atoms with Crippen molar-refractivity contribution in [2.45, 2.75) is 12.5 Å². The van der Waals surface area contributed by atoms with Crippen LogP contribution in [0.2, 0.25) is 15.1 Å². The molecule has 1 aromatic heterocycles. The zero-order valence-corrected chi connectivity index (χ0v) is 18.0. The SMILES string of the molecule is O=C(NC(C1=NNCC1)c1cc(-c2ccc(Cl)cc2)c(Cl)cc1Cl)c1ccncc1. The molecule has 0 saturated carbocycles. The molecule has 1 atom stereocenters. The Hall–Kier alpha value is -2.60. The standard InChI is InChI=1S/C22H17Cl3N4O/c23-15-3-1-13(2-4-15)16-11-17(19(25)12-18(16)24)21(20-7-10-27-29-20)28-22(30)14-5-8-26-9-6-14/h1-6,8-9,11-12,21,27H,7,10H2,(H,28,30). The lowest BCUT2D eigenvalue weighted by atomic mass is 9.95. The van der Waals surface area contributed by atoms with Crippen molar-refractivity contribution < 1.29 is 4.79 Å². The normalized spacial score (nSPS) is 14.0. The Labute approximate surface area is 189 Å². The van der Waals surface area contributed by atoms with Gasteiger partial charge in [0.25, 0.3) is 5.91 Å². The van der Waals surface area contributed by atoms with Crippen molar-refractivity contribution in [2.75, 3.05) is 6.54 Å². The fourth-order valence-corrected chi connectivity index (χ4v) is 4.03. The van der Waals surface area contributed by atoms with Crippen LogP contribution in [0.15, 0.2) is 66.0 Å². The Morgan fingerprint density at radius 3 is 2.40 bits per heavy atom. The van der Waals surface area contributed by atoms with Crippen molar-refractivity contribution in [1.29, 1.82) is 0 Å². The number of aromatic nitrogens is 1. The summed E-state index contributed by atoms with van der Waals surface area (Å²) in [6.45, 7) is 0.701. The molecule has 8 heteroatoms. The van der Waals surface area contributed by atoms with E-state index in [1.807, 2.05) is 18.2 Å². The molecule has 0 spiro atoms. The fraction of sp³-hybridized carbons (Fsp3) is 0.136. The minimum Gasteiger partial charge on any atom is -0.340 e. The van der Waals surface area contributed by atoms with E-state index in [4.69, 9.17) is 34.8 Å². The van der Waals surface area contributed by atoms with E-state index in [0.717, 1.165) is 22.4 Å². The third-order valence-electron chi connectivity index (χ3n) is 4.82. The van der Waals surface area contributed by atoms with Crippen LogP contribution in [0.1, 0.15) is 28.4 Å². The molecular weight excluding hydrogens is 443 g/mol. The number of nitrogens with one attached hydrogen (secondary N) is 2. The van der Waals surface area contributed by atoms with Gasteiger partial charge in [-0.05, 0) is 47.5 Å². The monoisotopic (exact) mass is 458 g/mol. The maximum absolute atomic E-state index is 12.9. The van der Waals surface area contributed by atoms with Crippen LogP contribution in [-0.4, -0.2) is 23.1 Å². The van der Waals surface area contributed by atoms with Gasteiger partial charge in [0.15, 0.2) is 0 Å². The molecule has 30 heavy (non-hydrogen) atoms. The van der Waals surface area contributed by atoms with Crippen LogP contribution in [-0.2, 0) is 0 Å². The van der Waals surface area contributed by atoms with Gasteiger partial charge in [0.2, 0.25) is 0 Å². The summed E-state index contributed by atoms with van der Waals surface area (Å²) in [5.74, 6) is -0.240. The molecule has 1 aliphatic rings. The van der Waals surface area contributed by atoms with Gasteiger partial charge in [-0.15, -0.1) is 0 Å². The molecule has 0 radical (unpaired) electrons. The second kappa shape index (κ2) is 9.04. The van der Waals surface area contributed by atoms with Gasteiger partial charge in [0, 0.05) is 51.6 Å². The molecule has 5 nitrogen and oxygen atoms in total. The summed E-state index contributed by atoms with van der Waals surface area (Å²) in [4.78, 5) is 16.8. The number of hydrazone groups is 1. The number of rotatable bonds is 5. The summed E-state index contributed by atoms with van der Waals surface area (Å²) in [5.41, 5.74) is 6.67. The van der Waals surface area contributed by atoms with Crippen LogP contribution < -0.4 is 10.7 Å². The first-order valence-electron chi connectivity index (χ1n) is 9.28. The maximum atomic E-state index is 12.9. The number of carbonyl (C=O) groups is 1. The average Bonchev–Trinajstić information content (AvgIpc) is 3.28. The van der Waals surface area contributed by atoms with Gasteiger partial charge in [0.1, 0.15) is 0 Å². The molecule has 0 aliphatic carbocycles. The summed E-state index contributed by atoms with van der Waals surface area (Å²) >= 11 is 19.1. The van der Waals surface area contributed by atoms with Gasteiger partial charge in [0.05, 0.1) is 11.8 Å². The zero-order chi connectivity index (χ0) is 21.1. The highest BCUT2D eigenvalue weighted by molar-refractivity contribution is 6.37. The van der Waals surface area contributed by atoms with E-state index in [0.29, 0.717) is 33.6 Å². The number of hydrogen-bond donors (Lipinski definition) is 2. The third-order valence-corrected chi connectivity index (χ3v) is 5.71. The van der Waals surface area contributed by atoms with Gasteiger partial charge < -0.3 is 10.7 Å². The predicted octanol–water partition coefficient (Wildman–Crippen LogP) is 5.53. The molecule has 152 valence electrons. The molecule has 0 saturated heterocycles. The summed E-state index contributed by atoms with van der Waals surface area (Å²) in [5, 5.41) is 9.02. The van der Waals surface area contributed by atoms with E-state index in [1.54, 1.807) is 42.7 Å². The summed E-state index contributed by atoms with van der Waals surface area (Å²) in [7, 11) is 0. The average molecular weight is 460 g/mol. The Balaban J connectivity index is 1.75. The zero-order valence-electron chi connectivity index (χ0n) is 15.7. The van der Waals surface area contributed by atoms with Gasteiger partial charge >= 0.3 is 0 Å². The van der Waals surface area contributed by atoms with Crippen molar-refractivity contribution in [2.24, 2.45) is 5.10 Å². The lowest BCUT2D eigenvalue weighted by Crippen LogP contribution is -2.33. The molecular formula is C22H17Cl3N4O. The molecule has 1 unspecified atom stereocenters. The molecule has 0 bridgehead atoms. The first-order chi connectivity index (χ1) is 14.5. The number of halogens is 3. The fourth-order valence-electron chi connectivity index (χ4n) is 3.30. The largest absolute Gasteiger partial charge is 0.340 e. The number of carbonyl (C=O) groups excluding carboxylic acids is 1. The Morgan fingerprint density at radius 2 is 1.73 bits per heavy atom. The number of pyridine rings is 1. The Kier molecular flexibility index (Phi) is 6.23. The van der Waals surface area contributed by atoms with Gasteiger partial charge in [-0.2, -0.15) is 5.10 Å². The van der Waals surface area contributed by atoms with Crippen LogP contribution in [0.4, 0.5) is 0 Å². The van der Waals surface area contributed by atoms with Crippen molar-refractivity contribution >= 4 is 46.4 Å². The van der Waals surface area contributed by atoms with Crippen LogP contribution in [0, 0.1) is 0 Å². The van der Waals surface area contributed by atoms with Crippen molar-refractivity contribution in [3.05, 3.63) is 87.1 Å². The quantitative estimate of drug-likeness (QED) is 0.527. The molecule has 2 heterocycles. The molecule has 1 amide bonds. The van der Waals surface area contributed by atoms with E-state index in [-0.39, 0.29) is 5.91 Å². The number of hydrogen-bond acceptors (Lipinski definition) is 4. The second-order valence-corrected chi connectivity index (χ2v) is 8.01. The van der Waals surface area contributed by atoms with Crippen LogP contribution in [0.5, 0.6) is 0 Å². The highest BCUT2D eigenvalue weighted by atomic mass is 35.5. The summed E-state index contributed by atoms with van der Waals surface area (Å²) in [6.07, 6.45) is 3.84.